The number of hydrogen-bond acceptors (Lipinski definition) is 5. The molecule has 0 aliphatic carbocycles. The number of pyridine rings is 1. The molecule has 1 unspecified atom stereocenters. The van der Waals surface area contributed by atoms with Gasteiger partial charge in [-0.2, -0.15) is 30.0 Å². The normalized spacial score (nSPS) is 12.6. The lowest BCUT2D eigenvalue weighted by atomic mass is 10.1. The summed E-state index contributed by atoms with van der Waals surface area (Å²) < 4.78 is 39.0. The number of amides is 2. The molecule has 0 saturated carbocycles. The molecular formula is C17H18ClF3N4O2S. The number of halogens is 4. The van der Waals surface area contributed by atoms with Gasteiger partial charge in [-0.15, -0.1) is 0 Å². The summed E-state index contributed by atoms with van der Waals surface area (Å²) in [6.07, 6.45) is -0.561. The quantitative estimate of drug-likeness (QED) is 0.655. The summed E-state index contributed by atoms with van der Waals surface area (Å²) in [5.41, 5.74) is 0.457. The molecule has 2 amide bonds. The van der Waals surface area contributed by atoms with Gasteiger partial charge < -0.3 is 0 Å². The van der Waals surface area contributed by atoms with Crippen LogP contribution in [0.2, 0.25) is 5.15 Å². The highest BCUT2D eigenvalue weighted by atomic mass is 35.5. The Labute approximate surface area is 169 Å². The van der Waals surface area contributed by atoms with Crippen molar-refractivity contribution >= 4 is 40.9 Å². The van der Waals surface area contributed by atoms with Crippen LogP contribution in [0.1, 0.15) is 19.8 Å². The number of nitrogens with zero attached hydrogens (tertiary/aromatic N) is 4. The first-order chi connectivity index (χ1) is 13.1. The first-order valence-electron chi connectivity index (χ1n) is 8.22. The lowest BCUT2D eigenvalue weighted by Gasteiger charge is -2.23. The summed E-state index contributed by atoms with van der Waals surface area (Å²) in [5, 5.41) is 3.88. The Morgan fingerprint density at radius 3 is 2.68 bits per heavy atom. The maximum atomic E-state index is 12.8. The molecule has 2 aromatic rings. The molecule has 2 heterocycles. The van der Waals surface area contributed by atoms with Crippen LogP contribution in [0.4, 0.5) is 18.9 Å². The molecule has 1 atom stereocenters. The number of carbonyl (C=O) groups is 2. The Bertz CT molecular complexity index is 830. The number of aromatic nitrogens is 3. The van der Waals surface area contributed by atoms with E-state index in [-0.39, 0.29) is 10.8 Å². The van der Waals surface area contributed by atoms with Crippen LogP contribution >= 0.6 is 23.4 Å². The van der Waals surface area contributed by atoms with Crippen molar-refractivity contribution < 1.29 is 22.8 Å². The summed E-state index contributed by atoms with van der Waals surface area (Å²) in [6, 6.07) is 3.33. The van der Waals surface area contributed by atoms with Crippen molar-refractivity contribution in [1.29, 1.82) is 0 Å². The molecule has 28 heavy (non-hydrogen) atoms. The molecule has 152 valence electrons. The standard InChI is InChI=1S/C17H18ClF3N4O2S/c1-11(10-28-2)16(27)25(14(26)5-6-17(19,20)21)13-9-24(23-15(13)18)12-4-3-7-22-8-12/h3-4,7-9,11H,5-6,10H2,1-2H3. The zero-order valence-corrected chi connectivity index (χ0v) is 16.7. The Hall–Kier alpha value is -2.07. The minimum atomic E-state index is -4.51. The fourth-order valence-corrected chi connectivity index (χ4v) is 3.25. The van der Waals surface area contributed by atoms with Gasteiger partial charge in [0.05, 0.1) is 24.5 Å². The van der Waals surface area contributed by atoms with Crippen molar-refractivity contribution in [2.75, 3.05) is 16.9 Å². The average molecular weight is 435 g/mol. The van der Waals surface area contributed by atoms with Gasteiger partial charge >= 0.3 is 6.18 Å². The van der Waals surface area contributed by atoms with Crippen molar-refractivity contribution in [2.24, 2.45) is 5.92 Å². The Balaban J connectivity index is 2.39. The van der Waals surface area contributed by atoms with Crippen LogP contribution in [0.3, 0.4) is 0 Å². The van der Waals surface area contributed by atoms with Gasteiger partial charge in [-0.05, 0) is 18.4 Å². The Kier molecular flexibility index (Phi) is 7.48. The van der Waals surface area contributed by atoms with Crippen molar-refractivity contribution in [1.82, 2.24) is 14.8 Å². The summed E-state index contributed by atoms with van der Waals surface area (Å²) in [6.45, 7) is 1.60. The van der Waals surface area contributed by atoms with Crippen LogP contribution in [0.5, 0.6) is 0 Å². The lowest BCUT2D eigenvalue weighted by molar-refractivity contribution is -0.144. The highest BCUT2D eigenvalue weighted by molar-refractivity contribution is 7.98. The van der Waals surface area contributed by atoms with Gasteiger partial charge in [0, 0.05) is 24.3 Å². The van der Waals surface area contributed by atoms with E-state index in [0.29, 0.717) is 16.3 Å². The van der Waals surface area contributed by atoms with Crippen molar-refractivity contribution in [3.05, 3.63) is 35.9 Å². The van der Waals surface area contributed by atoms with E-state index in [4.69, 9.17) is 11.6 Å². The van der Waals surface area contributed by atoms with Gasteiger partial charge in [-0.25, -0.2) is 9.58 Å². The van der Waals surface area contributed by atoms with Crippen LogP contribution in [-0.4, -0.2) is 44.8 Å². The number of alkyl halides is 3. The molecule has 2 rings (SSSR count). The number of rotatable bonds is 7. The van der Waals surface area contributed by atoms with Gasteiger partial charge in [-0.3, -0.25) is 14.6 Å². The van der Waals surface area contributed by atoms with E-state index in [0.717, 1.165) is 0 Å². The third kappa shape index (κ3) is 5.71. The first-order valence-corrected chi connectivity index (χ1v) is 9.99. The second-order valence-electron chi connectivity index (χ2n) is 6.00. The summed E-state index contributed by atoms with van der Waals surface area (Å²) in [5.74, 6) is -1.81. The van der Waals surface area contributed by atoms with Gasteiger partial charge in [0.25, 0.3) is 0 Å². The molecule has 6 nitrogen and oxygen atoms in total. The van der Waals surface area contributed by atoms with Gasteiger partial charge in [0.15, 0.2) is 5.15 Å². The molecule has 0 bridgehead atoms. The van der Waals surface area contributed by atoms with Crippen LogP contribution in [0.25, 0.3) is 5.69 Å². The van der Waals surface area contributed by atoms with Crippen molar-refractivity contribution in [3.8, 4) is 5.69 Å². The van der Waals surface area contributed by atoms with Crippen LogP contribution in [-0.2, 0) is 9.59 Å². The highest BCUT2D eigenvalue weighted by Crippen LogP contribution is 2.30. The van der Waals surface area contributed by atoms with E-state index in [1.807, 2.05) is 0 Å². The topological polar surface area (TPSA) is 68.1 Å². The molecule has 0 aliphatic heterocycles. The smallest absolute Gasteiger partial charge is 0.274 e. The third-order valence-corrected chi connectivity index (χ3v) is 4.84. The van der Waals surface area contributed by atoms with Crippen LogP contribution in [0, 0.1) is 5.92 Å². The fraction of sp³-hybridized carbons (Fsp3) is 0.412. The molecule has 0 aliphatic rings. The maximum Gasteiger partial charge on any atom is 0.389 e. The van der Waals surface area contributed by atoms with Crippen LogP contribution in [0.15, 0.2) is 30.7 Å². The summed E-state index contributed by atoms with van der Waals surface area (Å²) in [7, 11) is 0. The highest BCUT2D eigenvalue weighted by Gasteiger charge is 2.34. The summed E-state index contributed by atoms with van der Waals surface area (Å²) in [4.78, 5) is 30.0. The molecule has 0 fully saturated rings. The second kappa shape index (κ2) is 9.42. The van der Waals surface area contributed by atoms with Crippen LogP contribution < -0.4 is 4.90 Å². The Morgan fingerprint density at radius 2 is 2.11 bits per heavy atom. The van der Waals surface area contributed by atoms with Gasteiger partial charge in [0.2, 0.25) is 11.8 Å². The predicted octanol–water partition coefficient (Wildman–Crippen LogP) is 4.12. The third-order valence-electron chi connectivity index (χ3n) is 3.73. The fourth-order valence-electron chi connectivity index (χ4n) is 2.39. The maximum absolute atomic E-state index is 12.8. The molecule has 2 aromatic heterocycles. The lowest BCUT2D eigenvalue weighted by Crippen LogP contribution is -2.41. The van der Waals surface area contributed by atoms with E-state index in [2.05, 4.69) is 10.1 Å². The number of carbonyl (C=O) groups excluding carboxylic acids is 2. The first kappa shape index (κ1) is 22.2. The molecule has 0 saturated heterocycles. The molecule has 0 aromatic carbocycles. The molecule has 0 N–H and O–H groups in total. The number of hydrogen-bond donors (Lipinski definition) is 0. The Morgan fingerprint density at radius 1 is 1.39 bits per heavy atom. The number of imide groups is 1. The van der Waals surface area contributed by atoms with E-state index in [1.165, 1.54) is 28.8 Å². The van der Waals surface area contributed by atoms with Crippen molar-refractivity contribution in [3.63, 3.8) is 0 Å². The molecule has 11 heteroatoms. The molecule has 0 spiro atoms. The zero-order valence-electron chi connectivity index (χ0n) is 15.1. The van der Waals surface area contributed by atoms with Crippen molar-refractivity contribution in [2.45, 2.75) is 25.9 Å². The zero-order chi connectivity index (χ0) is 20.9. The van der Waals surface area contributed by atoms with E-state index >= 15 is 0 Å². The van der Waals surface area contributed by atoms with Gasteiger partial charge in [0.1, 0.15) is 5.69 Å². The van der Waals surface area contributed by atoms with E-state index in [9.17, 15) is 22.8 Å². The number of anilines is 1. The summed E-state index contributed by atoms with van der Waals surface area (Å²) >= 11 is 7.51. The monoisotopic (exact) mass is 434 g/mol. The predicted molar refractivity (Wildman–Crippen MR) is 102 cm³/mol. The molecule has 0 radical (unpaired) electrons. The van der Waals surface area contributed by atoms with E-state index in [1.54, 1.807) is 31.5 Å². The van der Waals surface area contributed by atoms with Gasteiger partial charge in [-0.1, -0.05) is 18.5 Å². The SMILES string of the molecule is CSCC(C)C(=O)N(C(=O)CCC(F)(F)F)c1cn(-c2cccnc2)nc1Cl. The largest absolute Gasteiger partial charge is 0.389 e. The number of thioether (sulfide) groups is 1. The van der Waals surface area contributed by atoms with E-state index < -0.39 is 36.8 Å². The molecular weight excluding hydrogens is 417 g/mol. The average Bonchev–Trinajstić information content (AvgIpc) is 3.02. The second-order valence-corrected chi connectivity index (χ2v) is 7.27. The minimum Gasteiger partial charge on any atom is -0.274 e. The minimum absolute atomic E-state index is 0.0596.